The van der Waals surface area contributed by atoms with Crippen LogP contribution in [0.2, 0.25) is 0 Å². The number of halogens is 2. The lowest BCUT2D eigenvalue weighted by Crippen LogP contribution is -2.33. The first kappa shape index (κ1) is 10.7. The Hall–Kier alpha value is -0.800. The standard InChI is InChI=1S/C11H12ClFO2/c12-9(6-14)11-3-1-7-5-8(13)2-4-10(7)15-11/h2,4-5,9,11,14H,1,3,6H2/t9-,11+/m0/s1. The van der Waals surface area contributed by atoms with Gasteiger partial charge in [-0.2, -0.15) is 0 Å². The molecule has 2 nitrogen and oxygen atoms in total. The van der Waals surface area contributed by atoms with E-state index in [1.54, 1.807) is 6.07 Å². The Labute approximate surface area is 92.6 Å². The number of aliphatic hydroxyl groups is 1. The van der Waals surface area contributed by atoms with Gasteiger partial charge in [0.1, 0.15) is 17.7 Å². The predicted molar refractivity (Wildman–Crippen MR) is 55.9 cm³/mol. The fourth-order valence-electron chi connectivity index (χ4n) is 1.75. The minimum Gasteiger partial charge on any atom is -0.488 e. The molecule has 1 aliphatic heterocycles. The van der Waals surface area contributed by atoms with Gasteiger partial charge >= 0.3 is 0 Å². The molecule has 2 atom stereocenters. The maximum Gasteiger partial charge on any atom is 0.123 e. The van der Waals surface area contributed by atoms with E-state index in [-0.39, 0.29) is 18.5 Å². The van der Waals surface area contributed by atoms with Crippen LogP contribution in [0.3, 0.4) is 0 Å². The van der Waals surface area contributed by atoms with Crippen molar-refractivity contribution in [3.8, 4) is 5.75 Å². The van der Waals surface area contributed by atoms with Gasteiger partial charge in [0.25, 0.3) is 0 Å². The molecule has 0 radical (unpaired) electrons. The van der Waals surface area contributed by atoms with Crippen LogP contribution in [0.5, 0.6) is 5.75 Å². The van der Waals surface area contributed by atoms with Crippen molar-refractivity contribution in [1.29, 1.82) is 0 Å². The summed E-state index contributed by atoms with van der Waals surface area (Å²) >= 11 is 5.89. The number of hydrogen-bond donors (Lipinski definition) is 1. The second-order valence-corrected chi connectivity index (χ2v) is 4.21. The van der Waals surface area contributed by atoms with Crippen LogP contribution in [0.15, 0.2) is 18.2 Å². The molecule has 0 fully saturated rings. The quantitative estimate of drug-likeness (QED) is 0.789. The predicted octanol–water partition coefficient (Wildman–Crippen LogP) is 2.12. The molecule has 4 heteroatoms. The fourth-order valence-corrected chi connectivity index (χ4v) is 1.93. The molecule has 0 bridgehead atoms. The minimum atomic E-state index is -0.400. The lowest BCUT2D eigenvalue weighted by atomic mass is 10.0. The zero-order valence-corrected chi connectivity index (χ0v) is 8.88. The third-order valence-electron chi connectivity index (χ3n) is 2.58. The van der Waals surface area contributed by atoms with E-state index in [0.29, 0.717) is 12.2 Å². The van der Waals surface area contributed by atoms with Crippen LogP contribution in [-0.2, 0) is 6.42 Å². The average Bonchev–Trinajstić information content (AvgIpc) is 2.27. The maximum absolute atomic E-state index is 12.9. The van der Waals surface area contributed by atoms with Gasteiger partial charge in [0.05, 0.1) is 12.0 Å². The number of alkyl halides is 1. The van der Waals surface area contributed by atoms with E-state index in [2.05, 4.69) is 0 Å². The molecule has 2 rings (SSSR count). The SMILES string of the molecule is OC[C@H](Cl)[C@H]1CCc2cc(F)ccc2O1. The van der Waals surface area contributed by atoms with E-state index >= 15 is 0 Å². The highest BCUT2D eigenvalue weighted by molar-refractivity contribution is 6.21. The van der Waals surface area contributed by atoms with E-state index in [9.17, 15) is 4.39 Å². The molecule has 0 unspecified atom stereocenters. The third-order valence-corrected chi connectivity index (χ3v) is 3.00. The van der Waals surface area contributed by atoms with Crippen molar-refractivity contribution in [2.24, 2.45) is 0 Å². The lowest BCUT2D eigenvalue weighted by Gasteiger charge is -2.28. The number of aryl methyl sites for hydroxylation is 1. The van der Waals surface area contributed by atoms with Crippen LogP contribution >= 0.6 is 11.6 Å². The van der Waals surface area contributed by atoms with Crippen LogP contribution in [-0.4, -0.2) is 23.2 Å². The summed E-state index contributed by atoms with van der Waals surface area (Å²) in [5.41, 5.74) is 0.869. The highest BCUT2D eigenvalue weighted by Crippen LogP contribution is 2.30. The molecule has 0 aromatic heterocycles. The highest BCUT2D eigenvalue weighted by Gasteiger charge is 2.25. The Morgan fingerprint density at radius 3 is 3.13 bits per heavy atom. The molecule has 1 aliphatic rings. The first-order valence-corrected chi connectivity index (χ1v) is 5.34. The summed E-state index contributed by atoms with van der Waals surface area (Å²) in [6, 6.07) is 4.45. The Bertz CT molecular complexity index is 356. The summed E-state index contributed by atoms with van der Waals surface area (Å²) in [7, 11) is 0. The van der Waals surface area contributed by atoms with Gasteiger partial charge in [-0.3, -0.25) is 0 Å². The number of rotatable bonds is 2. The molecular weight excluding hydrogens is 219 g/mol. The molecule has 0 saturated carbocycles. The number of aliphatic hydroxyl groups excluding tert-OH is 1. The molecule has 0 amide bonds. The summed E-state index contributed by atoms with van der Waals surface area (Å²) in [6.07, 6.45) is 1.27. The number of benzene rings is 1. The Balaban J connectivity index is 2.16. The molecule has 0 spiro atoms. The monoisotopic (exact) mass is 230 g/mol. The van der Waals surface area contributed by atoms with Crippen molar-refractivity contribution < 1.29 is 14.2 Å². The molecular formula is C11H12ClFO2. The Morgan fingerprint density at radius 2 is 2.40 bits per heavy atom. The van der Waals surface area contributed by atoms with Gasteiger partial charge in [-0.1, -0.05) is 0 Å². The molecule has 82 valence electrons. The normalized spacial score (nSPS) is 21.7. The average molecular weight is 231 g/mol. The summed E-state index contributed by atoms with van der Waals surface area (Å²) in [5, 5.41) is 8.51. The van der Waals surface area contributed by atoms with Crippen LogP contribution in [0.4, 0.5) is 4.39 Å². The van der Waals surface area contributed by atoms with E-state index < -0.39 is 5.38 Å². The molecule has 1 aromatic carbocycles. The maximum atomic E-state index is 12.9. The molecule has 1 N–H and O–H groups in total. The van der Waals surface area contributed by atoms with E-state index in [1.165, 1.54) is 12.1 Å². The second-order valence-electron chi connectivity index (χ2n) is 3.65. The fraction of sp³-hybridized carbons (Fsp3) is 0.455. The van der Waals surface area contributed by atoms with Crippen LogP contribution in [0, 0.1) is 5.82 Å². The van der Waals surface area contributed by atoms with Gasteiger partial charge in [-0.15, -0.1) is 11.6 Å². The molecule has 15 heavy (non-hydrogen) atoms. The molecule has 0 saturated heterocycles. The van der Waals surface area contributed by atoms with Crippen molar-refractivity contribution in [2.75, 3.05) is 6.61 Å². The smallest absolute Gasteiger partial charge is 0.123 e. The van der Waals surface area contributed by atoms with Gasteiger partial charge in [0.15, 0.2) is 0 Å². The third kappa shape index (κ3) is 2.24. The van der Waals surface area contributed by atoms with Crippen molar-refractivity contribution in [1.82, 2.24) is 0 Å². The Kier molecular flexibility index (Phi) is 3.12. The van der Waals surface area contributed by atoms with Gasteiger partial charge < -0.3 is 9.84 Å². The first-order valence-electron chi connectivity index (χ1n) is 4.90. The number of fused-ring (bicyclic) bond motifs is 1. The zero-order valence-electron chi connectivity index (χ0n) is 8.12. The lowest BCUT2D eigenvalue weighted by molar-refractivity contribution is 0.138. The summed E-state index contributed by atoms with van der Waals surface area (Å²) in [5.74, 6) is 0.423. The molecule has 0 aliphatic carbocycles. The van der Waals surface area contributed by atoms with Crippen molar-refractivity contribution in [3.05, 3.63) is 29.6 Å². The van der Waals surface area contributed by atoms with Crippen LogP contribution in [0.25, 0.3) is 0 Å². The van der Waals surface area contributed by atoms with Crippen LogP contribution in [0.1, 0.15) is 12.0 Å². The highest BCUT2D eigenvalue weighted by atomic mass is 35.5. The minimum absolute atomic E-state index is 0.108. The topological polar surface area (TPSA) is 29.5 Å². The first-order chi connectivity index (χ1) is 7.20. The number of hydrogen-bond acceptors (Lipinski definition) is 2. The van der Waals surface area contributed by atoms with E-state index in [4.69, 9.17) is 21.4 Å². The summed E-state index contributed by atoms with van der Waals surface area (Å²) < 4.78 is 18.5. The van der Waals surface area contributed by atoms with Gasteiger partial charge in [-0.25, -0.2) is 4.39 Å². The van der Waals surface area contributed by atoms with E-state index in [1.807, 2.05) is 0 Å². The summed E-state index contributed by atoms with van der Waals surface area (Å²) in [6.45, 7) is -0.108. The van der Waals surface area contributed by atoms with Crippen molar-refractivity contribution in [3.63, 3.8) is 0 Å². The van der Waals surface area contributed by atoms with Crippen molar-refractivity contribution >= 4 is 11.6 Å². The molecule has 1 heterocycles. The zero-order chi connectivity index (χ0) is 10.8. The number of ether oxygens (including phenoxy) is 1. The largest absolute Gasteiger partial charge is 0.488 e. The van der Waals surface area contributed by atoms with Gasteiger partial charge in [0, 0.05) is 0 Å². The van der Waals surface area contributed by atoms with Gasteiger partial charge in [0.2, 0.25) is 0 Å². The van der Waals surface area contributed by atoms with E-state index in [0.717, 1.165) is 12.0 Å². The summed E-state index contributed by atoms with van der Waals surface area (Å²) in [4.78, 5) is 0. The second kappa shape index (κ2) is 4.37. The van der Waals surface area contributed by atoms with Gasteiger partial charge in [-0.05, 0) is 36.6 Å². The molecule has 1 aromatic rings. The Morgan fingerprint density at radius 1 is 1.60 bits per heavy atom. The van der Waals surface area contributed by atoms with Crippen molar-refractivity contribution in [2.45, 2.75) is 24.3 Å². The van der Waals surface area contributed by atoms with Crippen LogP contribution < -0.4 is 4.74 Å².